The highest BCUT2D eigenvalue weighted by atomic mass is 32.2. The molecule has 0 saturated heterocycles. The fourth-order valence-corrected chi connectivity index (χ4v) is 1.85. The molecule has 0 N–H and O–H groups in total. The fourth-order valence-electron chi connectivity index (χ4n) is 1.21. The van der Waals surface area contributed by atoms with Crippen molar-refractivity contribution in [3.05, 3.63) is 42.0 Å². The van der Waals surface area contributed by atoms with Crippen molar-refractivity contribution in [3.8, 4) is 0 Å². The maximum atomic E-state index is 12.3. The Morgan fingerprint density at radius 2 is 1.74 bits per heavy atom. The third kappa shape index (κ3) is 5.25. The lowest BCUT2D eigenvalue weighted by Crippen LogP contribution is -2.20. The van der Waals surface area contributed by atoms with Crippen molar-refractivity contribution in [3.63, 3.8) is 0 Å². The Hall–Kier alpha value is -1.63. The van der Waals surface area contributed by atoms with Crippen LogP contribution in [-0.2, 0) is 14.5 Å². The van der Waals surface area contributed by atoms with Crippen molar-refractivity contribution in [2.24, 2.45) is 4.36 Å². The van der Waals surface area contributed by atoms with Crippen LogP contribution in [0.3, 0.4) is 0 Å². The number of hydrogen-bond acceptors (Lipinski definition) is 3. The van der Waals surface area contributed by atoms with E-state index in [1.165, 1.54) is 24.6 Å². The summed E-state index contributed by atoms with van der Waals surface area (Å²) in [7, 11) is -2.68. The molecule has 0 radical (unpaired) electrons. The van der Waals surface area contributed by atoms with Crippen LogP contribution in [0.5, 0.6) is 0 Å². The van der Waals surface area contributed by atoms with Crippen molar-refractivity contribution >= 4 is 21.2 Å². The van der Waals surface area contributed by atoms with Gasteiger partial charge < -0.3 is 0 Å². The Kier molecular flexibility index (Phi) is 4.52. The molecule has 1 aromatic carbocycles. The topological polar surface area (TPSA) is 46.5 Å². The Balaban J connectivity index is 3.35. The van der Waals surface area contributed by atoms with Gasteiger partial charge in [0.15, 0.2) is 0 Å². The molecular weight excluding hydrogens is 279 g/mol. The maximum absolute atomic E-state index is 12.3. The Morgan fingerprint density at radius 1 is 1.21 bits per heavy atom. The van der Waals surface area contributed by atoms with Gasteiger partial charge in [0.25, 0.3) is 5.78 Å². The number of hydrogen-bond donors (Lipinski definition) is 0. The van der Waals surface area contributed by atoms with Crippen molar-refractivity contribution in [2.75, 3.05) is 12.5 Å². The van der Waals surface area contributed by atoms with E-state index in [9.17, 15) is 22.2 Å². The molecule has 1 aromatic rings. The molecule has 0 heterocycles. The Labute approximate surface area is 109 Å². The van der Waals surface area contributed by atoms with Crippen molar-refractivity contribution in [1.82, 2.24) is 0 Å². The van der Waals surface area contributed by atoms with Crippen LogP contribution in [0.2, 0.25) is 0 Å². The lowest BCUT2D eigenvalue weighted by molar-refractivity contribution is -0.165. The zero-order chi connectivity index (χ0) is 14.7. The largest absolute Gasteiger partial charge is 0.454 e. The second kappa shape index (κ2) is 5.56. The number of halogens is 3. The number of ketones is 1. The van der Waals surface area contributed by atoms with Gasteiger partial charge in [0.05, 0.1) is 5.70 Å². The highest BCUT2D eigenvalue weighted by Gasteiger charge is 2.37. The zero-order valence-corrected chi connectivity index (χ0v) is 11.1. The van der Waals surface area contributed by atoms with Crippen LogP contribution in [0.15, 0.2) is 40.8 Å². The van der Waals surface area contributed by atoms with Crippen LogP contribution >= 0.6 is 0 Å². The molecule has 0 fully saturated rings. The summed E-state index contributed by atoms with van der Waals surface area (Å²) < 4.78 is 52.1. The number of benzene rings is 1. The Morgan fingerprint density at radius 3 is 2.16 bits per heavy atom. The van der Waals surface area contributed by atoms with Gasteiger partial charge in [-0.2, -0.15) is 17.5 Å². The molecule has 104 valence electrons. The third-order valence-corrected chi connectivity index (χ3v) is 2.57. The quantitative estimate of drug-likeness (QED) is 0.804. The summed E-state index contributed by atoms with van der Waals surface area (Å²) in [4.78, 5) is 11.0. The highest BCUT2D eigenvalue weighted by Crippen LogP contribution is 2.22. The molecule has 0 unspecified atom stereocenters. The normalized spacial score (nSPS) is 13.2. The van der Waals surface area contributed by atoms with Crippen LogP contribution < -0.4 is 0 Å². The van der Waals surface area contributed by atoms with E-state index in [2.05, 4.69) is 4.36 Å². The summed E-state index contributed by atoms with van der Waals surface area (Å²) in [6, 6.07) is 7.82. The van der Waals surface area contributed by atoms with E-state index in [0.29, 0.717) is 11.6 Å². The molecule has 0 aromatic heterocycles. The van der Waals surface area contributed by atoms with Crippen LogP contribution in [0, 0.1) is 0 Å². The summed E-state index contributed by atoms with van der Waals surface area (Å²) in [5, 5.41) is 0. The van der Waals surface area contributed by atoms with Crippen molar-refractivity contribution < 1.29 is 22.2 Å². The first kappa shape index (κ1) is 15.4. The van der Waals surface area contributed by atoms with E-state index >= 15 is 0 Å². The van der Waals surface area contributed by atoms with Gasteiger partial charge in [-0.25, -0.2) is 4.21 Å². The van der Waals surface area contributed by atoms with Crippen LogP contribution in [0.4, 0.5) is 13.2 Å². The van der Waals surface area contributed by atoms with E-state index in [1.54, 1.807) is 18.2 Å². The number of carbonyl (C=O) groups is 1. The van der Waals surface area contributed by atoms with E-state index in [-0.39, 0.29) is 5.70 Å². The molecule has 0 aliphatic rings. The number of alkyl halides is 3. The maximum Gasteiger partial charge on any atom is 0.454 e. The summed E-state index contributed by atoms with van der Waals surface area (Å²) in [5.74, 6) is -2.03. The second-order valence-electron chi connectivity index (χ2n) is 4.03. The van der Waals surface area contributed by atoms with E-state index in [4.69, 9.17) is 0 Å². The molecule has 0 spiro atoms. The average Bonchev–Trinajstić information content (AvgIpc) is 2.26. The minimum absolute atomic E-state index is 0.238. The average molecular weight is 291 g/mol. The molecule has 0 bridgehead atoms. The number of rotatable bonds is 3. The lowest BCUT2D eigenvalue weighted by atomic mass is 10.1. The predicted molar refractivity (Wildman–Crippen MR) is 67.9 cm³/mol. The first-order valence-electron chi connectivity index (χ1n) is 5.15. The fraction of sp³-hybridized carbons (Fsp3) is 0.250. The van der Waals surface area contributed by atoms with Crippen molar-refractivity contribution in [1.29, 1.82) is 0 Å². The molecule has 19 heavy (non-hydrogen) atoms. The highest BCUT2D eigenvalue weighted by molar-refractivity contribution is 7.92. The van der Waals surface area contributed by atoms with Gasteiger partial charge in [-0.1, -0.05) is 30.3 Å². The first-order chi connectivity index (χ1) is 8.59. The van der Waals surface area contributed by atoms with E-state index in [0.717, 1.165) is 0 Å². The van der Waals surface area contributed by atoms with E-state index in [1.807, 2.05) is 0 Å². The van der Waals surface area contributed by atoms with Gasteiger partial charge in [-0.3, -0.25) is 4.79 Å². The van der Waals surface area contributed by atoms with Gasteiger partial charge in [0.1, 0.15) is 0 Å². The summed E-state index contributed by atoms with van der Waals surface area (Å²) in [6.07, 6.45) is -2.05. The van der Waals surface area contributed by atoms with Gasteiger partial charge in [0.2, 0.25) is 0 Å². The summed E-state index contributed by atoms with van der Waals surface area (Å²) in [6.45, 7) is 0. The number of nitrogens with zero attached hydrogens (tertiary/aromatic N) is 1. The van der Waals surface area contributed by atoms with Crippen LogP contribution in [-0.4, -0.2) is 28.7 Å². The number of allylic oxidation sites excluding steroid dienone is 1. The van der Waals surface area contributed by atoms with Gasteiger partial charge in [-0.05, 0) is 0 Å². The molecular formula is C12H12F3NO2S. The first-order valence-corrected chi connectivity index (χ1v) is 7.48. The third-order valence-electron chi connectivity index (χ3n) is 1.93. The standard InChI is InChI=1S/C12H12F3NO2S/c1-19(2,18)16-10(8-11(17)12(13,14)15)9-6-4-3-5-7-9/h3-8H,1-2H3/b10-8-. The monoisotopic (exact) mass is 291 g/mol. The van der Waals surface area contributed by atoms with Crippen LogP contribution in [0.1, 0.15) is 5.56 Å². The lowest BCUT2D eigenvalue weighted by Gasteiger charge is -2.05. The van der Waals surface area contributed by atoms with Crippen LogP contribution in [0.25, 0.3) is 5.70 Å². The molecule has 0 atom stereocenters. The Bertz CT molecular complexity index is 604. The minimum Gasteiger partial charge on any atom is -0.285 e. The smallest absolute Gasteiger partial charge is 0.285 e. The second-order valence-corrected chi connectivity index (χ2v) is 6.58. The SMILES string of the molecule is CS(C)(=O)=N/C(=C\C(=O)C(F)(F)F)c1ccccc1. The van der Waals surface area contributed by atoms with Gasteiger partial charge in [0, 0.05) is 33.9 Å². The molecule has 0 amide bonds. The minimum atomic E-state index is -4.97. The van der Waals surface area contributed by atoms with Gasteiger partial charge in [-0.15, -0.1) is 0 Å². The molecule has 1 rings (SSSR count). The summed E-state index contributed by atoms with van der Waals surface area (Å²) >= 11 is 0. The van der Waals surface area contributed by atoms with E-state index < -0.39 is 21.7 Å². The molecule has 0 saturated carbocycles. The molecule has 0 aliphatic heterocycles. The van der Waals surface area contributed by atoms with Crippen molar-refractivity contribution in [2.45, 2.75) is 6.18 Å². The zero-order valence-electron chi connectivity index (χ0n) is 10.3. The van der Waals surface area contributed by atoms with Gasteiger partial charge >= 0.3 is 6.18 Å². The molecule has 0 aliphatic carbocycles. The molecule has 7 heteroatoms. The number of carbonyl (C=O) groups excluding carboxylic acids is 1. The molecule has 3 nitrogen and oxygen atoms in total. The summed E-state index contributed by atoms with van der Waals surface area (Å²) in [5.41, 5.74) is 0.0643. The predicted octanol–water partition coefficient (Wildman–Crippen LogP) is 2.89.